The molecule has 0 bridgehead atoms. The topological polar surface area (TPSA) is 70.1 Å². The van der Waals surface area contributed by atoms with Crippen LogP contribution in [-0.2, 0) is 6.54 Å². The molecule has 1 aliphatic rings. The van der Waals surface area contributed by atoms with Gasteiger partial charge in [-0.15, -0.1) is 11.3 Å². The molecular formula is C24H26N2O5S. The molecule has 168 valence electrons. The van der Waals surface area contributed by atoms with Gasteiger partial charge in [-0.3, -0.25) is 4.79 Å². The van der Waals surface area contributed by atoms with Gasteiger partial charge in [-0.1, -0.05) is 12.1 Å². The van der Waals surface area contributed by atoms with Crippen LogP contribution in [0.3, 0.4) is 0 Å². The number of aromatic nitrogens is 1. The van der Waals surface area contributed by atoms with Crippen LogP contribution in [0, 0.1) is 6.92 Å². The van der Waals surface area contributed by atoms with E-state index in [9.17, 15) is 4.79 Å². The highest BCUT2D eigenvalue weighted by molar-refractivity contribution is 7.17. The molecule has 8 heteroatoms. The minimum atomic E-state index is -0.0523. The van der Waals surface area contributed by atoms with Gasteiger partial charge in [-0.25, -0.2) is 4.98 Å². The normalized spacial score (nSPS) is 12.4. The average molecular weight is 455 g/mol. The first kappa shape index (κ1) is 22.0. The van der Waals surface area contributed by atoms with Crippen molar-refractivity contribution in [1.29, 1.82) is 0 Å². The van der Waals surface area contributed by atoms with E-state index in [4.69, 9.17) is 18.9 Å². The van der Waals surface area contributed by atoms with Gasteiger partial charge in [0.05, 0.1) is 19.9 Å². The highest BCUT2D eigenvalue weighted by Gasteiger charge is 2.24. The molecule has 0 saturated heterocycles. The van der Waals surface area contributed by atoms with Gasteiger partial charge in [0.25, 0.3) is 5.91 Å². The Labute approximate surface area is 191 Å². The number of methoxy groups -OCH3 is 2. The predicted molar refractivity (Wildman–Crippen MR) is 123 cm³/mol. The number of ether oxygens (including phenoxy) is 4. The van der Waals surface area contributed by atoms with Crippen molar-refractivity contribution in [2.24, 2.45) is 0 Å². The molecule has 0 atom stereocenters. The number of amides is 1. The van der Waals surface area contributed by atoms with Gasteiger partial charge in [0.15, 0.2) is 23.0 Å². The standard InChI is InChI=1S/C24H26N2O5S/c1-5-26(14-17-7-6-8-19-21(17)31-12-11-30-19)24(27)22-15(2)25-23(32-22)16-9-10-18(28-3)20(13-16)29-4/h6-10,13H,5,11-12,14H2,1-4H3. The second-order valence-corrected chi connectivity index (χ2v) is 8.26. The number of hydrogen-bond donors (Lipinski definition) is 0. The summed E-state index contributed by atoms with van der Waals surface area (Å²) in [6.07, 6.45) is 0. The number of rotatable bonds is 7. The van der Waals surface area contributed by atoms with Crippen LogP contribution in [0.5, 0.6) is 23.0 Å². The van der Waals surface area contributed by atoms with Crippen LogP contribution in [0.1, 0.15) is 27.9 Å². The maximum atomic E-state index is 13.4. The van der Waals surface area contributed by atoms with Gasteiger partial charge < -0.3 is 23.8 Å². The lowest BCUT2D eigenvalue weighted by molar-refractivity contribution is 0.0753. The lowest BCUT2D eigenvalue weighted by Gasteiger charge is -2.25. The Hall–Kier alpha value is -3.26. The van der Waals surface area contributed by atoms with E-state index in [-0.39, 0.29) is 5.91 Å². The van der Waals surface area contributed by atoms with Crippen molar-refractivity contribution in [1.82, 2.24) is 9.88 Å². The molecule has 1 aromatic heterocycles. The Morgan fingerprint density at radius 1 is 1.12 bits per heavy atom. The Bertz CT molecular complexity index is 1130. The molecule has 0 radical (unpaired) electrons. The Morgan fingerprint density at radius 3 is 2.66 bits per heavy atom. The Kier molecular flexibility index (Phi) is 6.50. The molecule has 0 aliphatic carbocycles. The summed E-state index contributed by atoms with van der Waals surface area (Å²) in [5, 5.41) is 0.761. The Morgan fingerprint density at radius 2 is 1.91 bits per heavy atom. The summed E-state index contributed by atoms with van der Waals surface area (Å²) in [6, 6.07) is 11.4. The quantitative estimate of drug-likeness (QED) is 0.521. The summed E-state index contributed by atoms with van der Waals surface area (Å²) in [4.78, 5) is 20.5. The second-order valence-electron chi connectivity index (χ2n) is 7.26. The van der Waals surface area contributed by atoms with E-state index in [1.807, 2.05) is 50.2 Å². The number of para-hydroxylation sites is 1. The van der Waals surface area contributed by atoms with Gasteiger partial charge in [0.1, 0.15) is 23.1 Å². The fourth-order valence-corrected chi connectivity index (χ4v) is 4.65. The van der Waals surface area contributed by atoms with E-state index in [2.05, 4.69) is 4.98 Å². The summed E-state index contributed by atoms with van der Waals surface area (Å²) in [5.41, 5.74) is 2.51. The molecule has 0 spiro atoms. The van der Waals surface area contributed by atoms with Crippen molar-refractivity contribution >= 4 is 17.2 Å². The van der Waals surface area contributed by atoms with E-state index in [1.54, 1.807) is 19.1 Å². The predicted octanol–water partition coefficient (Wildman–Crippen LogP) is 4.57. The Balaban J connectivity index is 1.60. The van der Waals surface area contributed by atoms with Gasteiger partial charge >= 0.3 is 0 Å². The van der Waals surface area contributed by atoms with Crippen LogP contribution in [0.4, 0.5) is 0 Å². The molecular weight excluding hydrogens is 428 g/mol. The first-order chi connectivity index (χ1) is 15.5. The van der Waals surface area contributed by atoms with E-state index in [1.165, 1.54) is 11.3 Å². The number of carbonyl (C=O) groups is 1. The largest absolute Gasteiger partial charge is 0.493 e. The summed E-state index contributed by atoms with van der Waals surface area (Å²) < 4.78 is 22.2. The van der Waals surface area contributed by atoms with Gasteiger partial charge in [-0.2, -0.15) is 0 Å². The SMILES string of the molecule is CCN(Cc1cccc2c1OCCO2)C(=O)c1sc(-c2ccc(OC)c(OC)c2)nc1C. The van der Waals surface area contributed by atoms with Crippen LogP contribution >= 0.6 is 11.3 Å². The van der Waals surface area contributed by atoms with Crippen LogP contribution < -0.4 is 18.9 Å². The summed E-state index contributed by atoms with van der Waals surface area (Å²) in [7, 11) is 3.20. The fourth-order valence-electron chi connectivity index (χ4n) is 3.62. The minimum Gasteiger partial charge on any atom is -0.493 e. The van der Waals surface area contributed by atoms with E-state index in [0.29, 0.717) is 48.4 Å². The van der Waals surface area contributed by atoms with Crippen LogP contribution in [0.15, 0.2) is 36.4 Å². The molecule has 2 heterocycles. The molecule has 4 rings (SSSR count). The molecule has 1 aliphatic heterocycles. The molecule has 0 N–H and O–H groups in total. The molecule has 1 amide bonds. The summed E-state index contributed by atoms with van der Waals surface area (Å²) in [5.74, 6) is 2.66. The first-order valence-electron chi connectivity index (χ1n) is 10.4. The zero-order chi connectivity index (χ0) is 22.7. The zero-order valence-corrected chi connectivity index (χ0v) is 19.5. The number of benzene rings is 2. The van der Waals surface area contributed by atoms with Crippen molar-refractivity contribution in [2.45, 2.75) is 20.4 Å². The number of nitrogens with zero attached hydrogens (tertiary/aromatic N) is 2. The number of aryl methyl sites for hydroxylation is 1. The molecule has 3 aromatic rings. The smallest absolute Gasteiger partial charge is 0.266 e. The highest BCUT2D eigenvalue weighted by Crippen LogP contribution is 2.37. The van der Waals surface area contributed by atoms with Crippen LogP contribution in [-0.4, -0.2) is 49.8 Å². The third-order valence-corrected chi connectivity index (χ3v) is 6.49. The summed E-state index contributed by atoms with van der Waals surface area (Å²) >= 11 is 1.38. The second kappa shape index (κ2) is 9.48. The lowest BCUT2D eigenvalue weighted by Crippen LogP contribution is -2.30. The van der Waals surface area contributed by atoms with Gasteiger partial charge in [0.2, 0.25) is 0 Å². The fraction of sp³-hybridized carbons (Fsp3) is 0.333. The summed E-state index contributed by atoms with van der Waals surface area (Å²) in [6.45, 7) is 5.87. The maximum absolute atomic E-state index is 13.4. The highest BCUT2D eigenvalue weighted by atomic mass is 32.1. The zero-order valence-electron chi connectivity index (χ0n) is 18.6. The third-order valence-electron chi connectivity index (χ3n) is 5.30. The maximum Gasteiger partial charge on any atom is 0.266 e. The van der Waals surface area contributed by atoms with Gasteiger partial charge in [0, 0.05) is 24.2 Å². The monoisotopic (exact) mass is 454 g/mol. The van der Waals surface area contributed by atoms with Crippen molar-refractivity contribution in [3.05, 3.63) is 52.5 Å². The molecule has 7 nitrogen and oxygen atoms in total. The number of thiazole rings is 1. The first-order valence-corrected chi connectivity index (χ1v) is 11.2. The van der Waals surface area contributed by atoms with Gasteiger partial charge in [-0.05, 0) is 38.1 Å². The van der Waals surface area contributed by atoms with Crippen molar-refractivity contribution in [3.8, 4) is 33.6 Å². The molecule has 0 fully saturated rings. The molecule has 0 unspecified atom stereocenters. The average Bonchev–Trinajstić information content (AvgIpc) is 3.23. The number of carbonyl (C=O) groups excluding carboxylic acids is 1. The molecule has 0 saturated carbocycles. The van der Waals surface area contributed by atoms with Crippen molar-refractivity contribution in [3.63, 3.8) is 0 Å². The number of hydrogen-bond acceptors (Lipinski definition) is 7. The van der Waals surface area contributed by atoms with E-state index < -0.39 is 0 Å². The van der Waals surface area contributed by atoms with E-state index >= 15 is 0 Å². The van der Waals surface area contributed by atoms with Crippen molar-refractivity contribution in [2.75, 3.05) is 34.0 Å². The molecule has 2 aromatic carbocycles. The third kappa shape index (κ3) is 4.23. The van der Waals surface area contributed by atoms with E-state index in [0.717, 1.165) is 27.6 Å². The molecule has 32 heavy (non-hydrogen) atoms. The van der Waals surface area contributed by atoms with Crippen molar-refractivity contribution < 1.29 is 23.7 Å². The number of fused-ring (bicyclic) bond motifs is 1. The van der Waals surface area contributed by atoms with Crippen LogP contribution in [0.2, 0.25) is 0 Å². The lowest BCUT2D eigenvalue weighted by atomic mass is 10.1. The minimum absolute atomic E-state index is 0.0523. The van der Waals surface area contributed by atoms with Crippen LogP contribution in [0.25, 0.3) is 10.6 Å².